The SMILES string of the molecule is Cc1cc(C#N)nc(N2CCN(C(=O)Cc3c[nH]c4ccccc34)CC2)n1. The first kappa shape index (κ1) is 17.0. The largest absolute Gasteiger partial charge is 0.361 e. The second-order valence-corrected chi connectivity index (χ2v) is 6.71. The summed E-state index contributed by atoms with van der Waals surface area (Å²) in [5.74, 6) is 0.692. The molecular weight excluding hydrogens is 340 g/mol. The van der Waals surface area contributed by atoms with Gasteiger partial charge in [0.25, 0.3) is 0 Å². The maximum Gasteiger partial charge on any atom is 0.227 e. The molecule has 1 N–H and O–H groups in total. The molecule has 3 heterocycles. The van der Waals surface area contributed by atoms with Crippen LogP contribution in [-0.4, -0.2) is 51.9 Å². The van der Waals surface area contributed by atoms with Crippen LogP contribution in [0.3, 0.4) is 0 Å². The highest BCUT2D eigenvalue weighted by atomic mass is 16.2. The van der Waals surface area contributed by atoms with E-state index in [-0.39, 0.29) is 5.91 Å². The van der Waals surface area contributed by atoms with Gasteiger partial charge in [-0.05, 0) is 24.6 Å². The molecule has 1 fully saturated rings. The Morgan fingerprint density at radius 1 is 1.22 bits per heavy atom. The second-order valence-electron chi connectivity index (χ2n) is 6.71. The number of nitrogens with one attached hydrogen (secondary N) is 1. The minimum Gasteiger partial charge on any atom is -0.361 e. The monoisotopic (exact) mass is 360 g/mol. The molecule has 1 aromatic carbocycles. The number of carbonyl (C=O) groups excluding carboxylic acids is 1. The number of para-hydroxylation sites is 1. The number of H-pyrrole nitrogens is 1. The number of piperazine rings is 1. The molecule has 1 amide bonds. The van der Waals surface area contributed by atoms with E-state index in [1.165, 1.54) is 0 Å². The predicted octanol–water partition coefficient (Wildman–Crippen LogP) is 2.03. The number of fused-ring (bicyclic) bond motifs is 1. The lowest BCUT2D eigenvalue weighted by molar-refractivity contribution is -0.130. The van der Waals surface area contributed by atoms with Crippen molar-refractivity contribution < 1.29 is 4.79 Å². The van der Waals surface area contributed by atoms with Gasteiger partial charge in [-0.1, -0.05) is 18.2 Å². The Balaban J connectivity index is 1.41. The third-order valence-electron chi connectivity index (χ3n) is 4.89. The first-order valence-electron chi connectivity index (χ1n) is 8.97. The Hall–Kier alpha value is -3.40. The van der Waals surface area contributed by atoms with E-state index in [2.05, 4.69) is 21.0 Å². The molecule has 0 atom stereocenters. The Morgan fingerprint density at radius 2 is 2.00 bits per heavy atom. The van der Waals surface area contributed by atoms with Gasteiger partial charge in [0.2, 0.25) is 11.9 Å². The summed E-state index contributed by atoms with van der Waals surface area (Å²) in [6.45, 7) is 4.43. The van der Waals surface area contributed by atoms with E-state index >= 15 is 0 Å². The van der Waals surface area contributed by atoms with Crippen LogP contribution < -0.4 is 4.90 Å². The molecular formula is C20H20N6O. The van der Waals surface area contributed by atoms with Crippen LogP contribution >= 0.6 is 0 Å². The average Bonchev–Trinajstić information content (AvgIpc) is 3.10. The number of aromatic amines is 1. The van der Waals surface area contributed by atoms with Crippen molar-refractivity contribution in [2.75, 3.05) is 31.1 Å². The summed E-state index contributed by atoms with van der Waals surface area (Å²) in [6.07, 6.45) is 2.31. The number of hydrogen-bond acceptors (Lipinski definition) is 5. The van der Waals surface area contributed by atoms with Gasteiger partial charge in [0.05, 0.1) is 6.42 Å². The van der Waals surface area contributed by atoms with Gasteiger partial charge in [-0.3, -0.25) is 4.79 Å². The number of carbonyl (C=O) groups is 1. The van der Waals surface area contributed by atoms with Crippen LogP contribution in [0.2, 0.25) is 0 Å². The summed E-state index contributed by atoms with van der Waals surface area (Å²) in [6, 6.07) is 11.8. The molecule has 1 saturated heterocycles. The fourth-order valence-electron chi connectivity index (χ4n) is 3.46. The number of aromatic nitrogens is 3. The average molecular weight is 360 g/mol. The fraction of sp³-hybridized carbons (Fsp3) is 0.300. The van der Waals surface area contributed by atoms with E-state index < -0.39 is 0 Å². The van der Waals surface area contributed by atoms with E-state index in [9.17, 15) is 4.79 Å². The van der Waals surface area contributed by atoms with E-state index in [0.29, 0.717) is 44.2 Å². The molecule has 0 unspecified atom stereocenters. The van der Waals surface area contributed by atoms with Crippen molar-refractivity contribution in [1.82, 2.24) is 19.9 Å². The third kappa shape index (κ3) is 3.47. The van der Waals surface area contributed by atoms with Crippen molar-refractivity contribution in [3.8, 4) is 6.07 Å². The molecule has 4 rings (SSSR count). The highest BCUT2D eigenvalue weighted by molar-refractivity contribution is 5.89. The zero-order valence-electron chi connectivity index (χ0n) is 15.1. The molecule has 0 bridgehead atoms. The summed E-state index contributed by atoms with van der Waals surface area (Å²) >= 11 is 0. The van der Waals surface area contributed by atoms with Gasteiger partial charge < -0.3 is 14.8 Å². The van der Waals surface area contributed by atoms with Gasteiger partial charge in [-0.25, -0.2) is 9.97 Å². The smallest absolute Gasteiger partial charge is 0.227 e. The lowest BCUT2D eigenvalue weighted by Gasteiger charge is -2.34. The van der Waals surface area contributed by atoms with E-state index in [1.54, 1.807) is 6.07 Å². The molecule has 7 nitrogen and oxygen atoms in total. The quantitative estimate of drug-likeness (QED) is 0.772. The van der Waals surface area contributed by atoms with E-state index in [0.717, 1.165) is 22.2 Å². The van der Waals surface area contributed by atoms with Gasteiger partial charge in [0.15, 0.2) is 0 Å². The molecule has 136 valence electrons. The maximum absolute atomic E-state index is 12.7. The number of anilines is 1. The topological polar surface area (TPSA) is 88.9 Å². The van der Waals surface area contributed by atoms with Crippen molar-refractivity contribution in [2.24, 2.45) is 0 Å². The van der Waals surface area contributed by atoms with Crippen molar-refractivity contribution in [1.29, 1.82) is 5.26 Å². The first-order chi connectivity index (χ1) is 13.1. The maximum atomic E-state index is 12.7. The molecule has 0 saturated carbocycles. The van der Waals surface area contributed by atoms with E-state index in [1.807, 2.05) is 47.2 Å². The van der Waals surface area contributed by atoms with Gasteiger partial charge in [0.1, 0.15) is 11.8 Å². The third-order valence-corrected chi connectivity index (χ3v) is 4.89. The zero-order chi connectivity index (χ0) is 18.8. The van der Waals surface area contributed by atoms with Crippen LogP contribution in [0, 0.1) is 18.3 Å². The first-order valence-corrected chi connectivity index (χ1v) is 8.97. The Morgan fingerprint density at radius 3 is 2.78 bits per heavy atom. The van der Waals surface area contributed by atoms with E-state index in [4.69, 9.17) is 5.26 Å². The van der Waals surface area contributed by atoms with Gasteiger partial charge in [-0.2, -0.15) is 5.26 Å². The molecule has 0 spiro atoms. The number of benzene rings is 1. The summed E-state index contributed by atoms with van der Waals surface area (Å²) in [7, 11) is 0. The van der Waals surface area contributed by atoms with Gasteiger partial charge in [0, 0.05) is 49.0 Å². The van der Waals surface area contributed by atoms with Crippen LogP contribution in [0.25, 0.3) is 10.9 Å². The number of aryl methyl sites for hydroxylation is 1. The summed E-state index contributed by atoms with van der Waals surface area (Å²) < 4.78 is 0. The minimum atomic E-state index is 0.127. The Kier molecular flexibility index (Phi) is 4.47. The van der Waals surface area contributed by atoms with Crippen LogP contribution in [0.15, 0.2) is 36.5 Å². The number of nitrogens with zero attached hydrogens (tertiary/aromatic N) is 5. The lowest BCUT2D eigenvalue weighted by atomic mass is 10.1. The van der Waals surface area contributed by atoms with Crippen molar-refractivity contribution in [3.63, 3.8) is 0 Å². The molecule has 1 aliphatic rings. The standard InChI is InChI=1S/C20H20N6O/c1-14-10-16(12-21)24-20(23-14)26-8-6-25(7-9-26)19(27)11-15-13-22-18-5-3-2-4-17(15)18/h2-5,10,13,22H,6-9,11H2,1H3. The summed E-state index contributed by atoms with van der Waals surface area (Å²) in [5.41, 5.74) is 3.22. The highest BCUT2D eigenvalue weighted by Gasteiger charge is 2.23. The van der Waals surface area contributed by atoms with Crippen molar-refractivity contribution >= 4 is 22.8 Å². The molecule has 0 aliphatic carbocycles. The van der Waals surface area contributed by atoms with Gasteiger partial charge >= 0.3 is 0 Å². The molecule has 27 heavy (non-hydrogen) atoms. The minimum absolute atomic E-state index is 0.127. The number of amides is 1. The van der Waals surface area contributed by atoms with Crippen LogP contribution in [-0.2, 0) is 11.2 Å². The molecule has 2 aromatic heterocycles. The predicted molar refractivity (Wildman–Crippen MR) is 102 cm³/mol. The van der Waals surface area contributed by atoms with Gasteiger partial charge in [-0.15, -0.1) is 0 Å². The summed E-state index contributed by atoms with van der Waals surface area (Å²) in [5, 5.41) is 10.2. The summed E-state index contributed by atoms with van der Waals surface area (Å²) in [4.78, 5) is 28.6. The molecule has 1 aliphatic heterocycles. The highest BCUT2D eigenvalue weighted by Crippen LogP contribution is 2.19. The fourth-order valence-corrected chi connectivity index (χ4v) is 3.46. The van der Waals surface area contributed by atoms with Crippen LogP contribution in [0.5, 0.6) is 0 Å². The van der Waals surface area contributed by atoms with Crippen molar-refractivity contribution in [3.05, 3.63) is 53.5 Å². The van der Waals surface area contributed by atoms with Crippen LogP contribution in [0.4, 0.5) is 5.95 Å². The molecule has 0 radical (unpaired) electrons. The zero-order valence-corrected chi connectivity index (χ0v) is 15.1. The molecule has 7 heteroatoms. The Bertz CT molecular complexity index is 1030. The Labute approximate surface area is 157 Å². The van der Waals surface area contributed by atoms with Crippen molar-refractivity contribution in [2.45, 2.75) is 13.3 Å². The van der Waals surface area contributed by atoms with Crippen LogP contribution in [0.1, 0.15) is 17.0 Å². The normalized spacial score (nSPS) is 14.4. The number of hydrogen-bond donors (Lipinski definition) is 1. The number of rotatable bonds is 3. The number of nitriles is 1. The molecule has 3 aromatic rings. The lowest BCUT2D eigenvalue weighted by Crippen LogP contribution is -2.49. The second kappa shape index (κ2) is 7.08.